The van der Waals surface area contributed by atoms with Crippen LogP contribution in [0.15, 0.2) is 36.6 Å². The van der Waals surface area contributed by atoms with Gasteiger partial charge in [-0.3, -0.25) is 0 Å². The van der Waals surface area contributed by atoms with Crippen LogP contribution in [0.3, 0.4) is 0 Å². The molecule has 0 aromatic rings. The summed E-state index contributed by atoms with van der Waals surface area (Å²) in [6.07, 6.45) is 9.95. The van der Waals surface area contributed by atoms with Gasteiger partial charge in [0, 0.05) is 0 Å². The standard InChI is InChI=1S/C7H10O/c1-2-3-4-5-6-7-8/h2-8H,1H3/b3-2+,5-4+,7-6+. The quantitative estimate of drug-likeness (QED) is 0.426. The maximum Gasteiger partial charge on any atom is 0.0791 e. The summed E-state index contributed by atoms with van der Waals surface area (Å²) in [7, 11) is 0. The largest absolute Gasteiger partial charge is 0.516 e. The van der Waals surface area contributed by atoms with Crippen LogP contribution >= 0.6 is 0 Å². The zero-order valence-corrected chi connectivity index (χ0v) is 4.91. The Morgan fingerprint density at radius 3 is 2.12 bits per heavy atom. The van der Waals surface area contributed by atoms with Gasteiger partial charge < -0.3 is 5.11 Å². The third-order valence-electron chi connectivity index (χ3n) is 0.612. The summed E-state index contributed by atoms with van der Waals surface area (Å²) < 4.78 is 0. The van der Waals surface area contributed by atoms with Crippen molar-refractivity contribution in [2.45, 2.75) is 6.92 Å². The van der Waals surface area contributed by atoms with E-state index in [0.717, 1.165) is 6.26 Å². The molecule has 0 fully saturated rings. The summed E-state index contributed by atoms with van der Waals surface area (Å²) in [5.74, 6) is 0. The summed E-state index contributed by atoms with van der Waals surface area (Å²) in [5.41, 5.74) is 0. The predicted molar refractivity (Wildman–Crippen MR) is 35.7 cm³/mol. The van der Waals surface area contributed by atoms with Gasteiger partial charge in [0.2, 0.25) is 0 Å². The lowest BCUT2D eigenvalue weighted by atomic mass is 10.4. The van der Waals surface area contributed by atoms with Gasteiger partial charge in [-0.25, -0.2) is 0 Å². The molecule has 0 rings (SSSR count). The molecule has 0 aliphatic rings. The molecule has 0 saturated heterocycles. The highest BCUT2D eigenvalue weighted by Gasteiger charge is 1.56. The average Bonchev–Trinajstić information content (AvgIpc) is 1.81. The number of aliphatic hydroxyl groups excluding tert-OH is 1. The number of rotatable bonds is 2. The van der Waals surface area contributed by atoms with E-state index in [2.05, 4.69) is 0 Å². The molecule has 0 aromatic carbocycles. The van der Waals surface area contributed by atoms with Crippen molar-refractivity contribution in [1.82, 2.24) is 0 Å². The first-order valence-electron chi connectivity index (χ1n) is 2.50. The van der Waals surface area contributed by atoms with E-state index in [0.29, 0.717) is 0 Å². The van der Waals surface area contributed by atoms with Gasteiger partial charge in [-0.2, -0.15) is 0 Å². The zero-order chi connectivity index (χ0) is 6.24. The van der Waals surface area contributed by atoms with Crippen molar-refractivity contribution in [1.29, 1.82) is 0 Å². The van der Waals surface area contributed by atoms with Crippen LogP contribution in [0.1, 0.15) is 6.92 Å². The molecule has 0 radical (unpaired) electrons. The third kappa shape index (κ3) is 5.02. The SMILES string of the molecule is C/C=C/C=C/C=C/O. The summed E-state index contributed by atoms with van der Waals surface area (Å²) in [6, 6.07) is 0. The maximum atomic E-state index is 8.11. The maximum absolute atomic E-state index is 8.11. The van der Waals surface area contributed by atoms with Crippen LogP contribution in [0.4, 0.5) is 0 Å². The average molecular weight is 110 g/mol. The third-order valence-corrected chi connectivity index (χ3v) is 0.612. The second-order valence-corrected chi connectivity index (χ2v) is 1.25. The molecule has 0 saturated carbocycles. The lowest BCUT2D eigenvalue weighted by Crippen LogP contribution is -1.48. The highest BCUT2D eigenvalue weighted by molar-refractivity contribution is 5.08. The van der Waals surface area contributed by atoms with Gasteiger partial charge >= 0.3 is 0 Å². The van der Waals surface area contributed by atoms with Gasteiger partial charge in [0.1, 0.15) is 0 Å². The molecule has 1 nitrogen and oxygen atoms in total. The van der Waals surface area contributed by atoms with E-state index in [1.54, 1.807) is 12.2 Å². The van der Waals surface area contributed by atoms with Crippen molar-refractivity contribution in [3.8, 4) is 0 Å². The van der Waals surface area contributed by atoms with E-state index >= 15 is 0 Å². The fraction of sp³-hybridized carbons (Fsp3) is 0.143. The van der Waals surface area contributed by atoms with E-state index in [1.165, 1.54) is 0 Å². The number of allylic oxidation sites excluding steroid dienone is 5. The smallest absolute Gasteiger partial charge is 0.0791 e. The first kappa shape index (κ1) is 7.02. The van der Waals surface area contributed by atoms with E-state index < -0.39 is 0 Å². The lowest BCUT2D eigenvalue weighted by molar-refractivity contribution is 0.474. The van der Waals surface area contributed by atoms with Gasteiger partial charge in [0.05, 0.1) is 6.26 Å². The molecule has 0 aliphatic carbocycles. The van der Waals surface area contributed by atoms with Crippen molar-refractivity contribution < 1.29 is 5.11 Å². The van der Waals surface area contributed by atoms with Gasteiger partial charge in [0.15, 0.2) is 0 Å². The molecule has 0 atom stereocenters. The van der Waals surface area contributed by atoms with Crippen LogP contribution in [-0.2, 0) is 0 Å². The van der Waals surface area contributed by atoms with Crippen molar-refractivity contribution >= 4 is 0 Å². The fourth-order valence-corrected chi connectivity index (χ4v) is 0.289. The molecule has 0 bridgehead atoms. The van der Waals surface area contributed by atoms with Crippen molar-refractivity contribution in [2.75, 3.05) is 0 Å². The van der Waals surface area contributed by atoms with Crippen LogP contribution < -0.4 is 0 Å². The summed E-state index contributed by atoms with van der Waals surface area (Å²) in [6.45, 7) is 1.94. The molecule has 44 valence electrons. The molecular formula is C7H10O. The predicted octanol–water partition coefficient (Wildman–Crippen LogP) is 2.19. The van der Waals surface area contributed by atoms with Crippen LogP contribution in [0.5, 0.6) is 0 Å². The summed E-state index contributed by atoms with van der Waals surface area (Å²) in [5, 5.41) is 8.11. The van der Waals surface area contributed by atoms with Gasteiger partial charge in [-0.1, -0.05) is 24.3 Å². The Bertz CT molecular complexity index is 95.6. The second-order valence-electron chi connectivity index (χ2n) is 1.25. The number of hydrogen-bond donors (Lipinski definition) is 1. The first-order valence-corrected chi connectivity index (χ1v) is 2.50. The Hall–Kier alpha value is -0.980. The molecular weight excluding hydrogens is 100 g/mol. The molecule has 0 heterocycles. The van der Waals surface area contributed by atoms with Crippen LogP contribution in [0.25, 0.3) is 0 Å². The van der Waals surface area contributed by atoms with Crippen molar-refractivity contribution in [3.63, 3.8) is 0 Å². The minimum absolute atomic E-state index is 1.00. The molecule has 1 N–H and O–H groups in total. The Morgan fingerprint density at radius 2 is 1.62 bits per heavy atom. The molecule has 0 aliphatic heterocycles. The molecule has 0 amide bonds. The zero-order valence-electron chi connectivity index (χ0n) is 4.91. The molecule has 0 unspecified atom stereocenters. The molecule has 8 heavy (non-hydrogen) atoms. The van der Waals surface area contributed by atoms with Crippen molar-refractivity contribution in [3.05, 3.63) is 36.6 Å². The lowest BCUT2D eigenvalue weighted by Gasteiger charge is -1.68. The van der Waals surface area contributed by atoms with Crippen LogP contribution in [0, 0.1) is 0 Å². The minimum atomic E-state index is 1.00. The summed E-state index contributed by atoms with van der Waals surface area (Å²) in [4.78, 5) is 0. The normalized spacial score (nSPS) is 12.6. The second kappa shape index (κ2) is 6.02. The van der Waals surface area contributed by atoms with Gasteiger partial charge in [-0.05, 0) is 13.0 Å². The topological polar surface area (TPSA) is 20.2 Å². The van der Waals surface area contributed by atoms with E-state index in [1.807, 2.05) is 25.2 Å². The Labute approximate surface area is 49.7 Å². The monoisotopic (exact) mass is 110 g/mol. The van der Waals surface area contributed by atoms with E-state index in [-0.39, 0.29) is 0 Å². The highest BCUT2D eigenvalue weighted by Crippen LogP contribution is 1.76. The number of hydrogen-bond acceptors (Lipinski definition) is 1. The summed E-state index contributed by atoms with van der Waals surface area (Å²) >= 11 is 0. The molecule has 0 spiro atoms. The molecule has 1 heteroatoms. The van der Waals surface area contributed by atoms with Gasteiger partial charge in [0.25, 0.3) is 0 Å². The molecule has 0 aromatic heterocycles. The Kier molecular flexibility index (Phi) is 5.28. The first-order chi connectivity index (χ1) is 3.91. The fourth-order valence-electron chi connectivity index (χ4n) is 0.289. The highest BCUT2D eigenvalue weighted by atomic mass is 16.2. The Balaban J connectivity index is 3.35. The van der Waals surface area contributed by atoms with Crippen LogP contribution in [0.2, 0.25) is 0 Å². The van der Waals surface area contributed by atoms with E-state index in [9.17, 15) is 0 Å². The number of aliphatic hydroxyl groups is 1. The Morgan fingerprint density at radius 1 is 1.00 bits per heavy atom. The van der Waals surface area contributed by atoms with E-state index in [4.69, 9.17) is 5.11 Å². The minimum Gasteiger partial charge on any atom is -0.516 e. The van der Waals surface area contributed by atoms with Gasteiger partial charge in [-0.15, -0.1) is 0 Å². The van der Waals surface area contributed by atoms with Crippen LogP contribution in [-0.4, -0.2) is 5.11 Å². The van der Waals surface area contributed by atoms with Crippen molar-refractivity contribution in [2.24, 2.45) is 0 Å².